The summed E-state index contributed by atoms with van der Waals surface area (Å²) in [5.41, 5.74) is 7.49. The van der Waals surface area contributed by atoms with Crippen LogP contribution in [0.3, 0.4) is 0 Å². The molecule has 2 aromatic carbocycles. The lowest BCUT2D eigenvalue weighted by molar-refractivity contribution is -0.141. The van der Waals surface area contributed by atoms with E-state index < -0.39 is 48.0 Å². The third kappa shape index (κ3) is 11.5. The van der Waals surface area contributed by atoms with Gasteiger partial charge in [0, 0.05) is 32.1 Å². The molecule has 0 unspecified atom stereocenters. The lowest BCUT2D eigenvalue weighted by atomic mass is 10.0. The number of benzene rings is 2. The van der Waals surface area contributed by atoms with Crippen LogP contribution in [0.15, 0.2) is 73.2 Å². The van der Waals surface area contributed by atoms with Gasteiger partial charge in [-0.05, 0) is 36.8 Å². The molecule has 8 N–H and O–H groups in total. The van der Waals surface area contributed by atoms with E-state index in [1.54, 1.807) is 18.3 Å². The van der Waals surface area contributed by atoms with Gasteiger partial charge in [-0.25, -0.2) is 9.78 Å². The van der Waals surface area contributed by atoms with Gasteiger partial charge in [-0.1, -0.05) is 60.7 Å². The second-order valence-corrected chi connectivity index (χ2v) is 11.6. The average Bonchev–Trinajstić information content (AvgIpc) is 3.81. The van der Waals surface area contributed by atoms with Crippen molar-refractivity contribution >= 4 is 36.1 Å². The summed E-state index contributed by atoms with van der Waals surface area (Å²) < 4.78 is 5.35. The van der Waals surface area contributed by atoms with Crippen molar-refractivity contribution < 1.29 is 28.7 Å². The van der Waals surface area contributed by atoms with E-state index in [1.807, 2.05) is 54.8 Å². The van der Waals surface area contributed by atoms with Crippen molar-refractivity contribution in [3.63, 3.8) is 0 Å². The molecule has 0 bridgehead atoms. The van der Waals surface area contributed by atoms with E-state index in [4.69, 9.17) is 15.9 Å². The smallest absolute Gasteiger partial charge is 0.408 e. The fourth-order valence-corrected chi connectivity index (χ4v) is 5.53. The predicted octanol–water partition coefficient (Wildman–Crippen LogP) is 0.823. The minimum atomic E-state index is -1.07. The summed E-state index contributed by atoms with van der Waals surface area (Å²) >= 11 is 0. The van der Waals surface area contributed by atoms with Gasteiger partial charge in [0.1, 0.15) is 30.8 Å². The molecule has 1 radical (unpaired) electrons. The number of H-pyrrole nitrogens is 1. The SMILES string of the molecule is N=C(N)NCCC[C@H](NC(=O)OCc1ccccc1)C(=O)N1CCC[C@H]1C(=O)N[C@@H](Cc1ccccc1)C(=O)N[C@H]([C]=O)Cc1c[nH]cn1. The number of guanidine groups is 1. The molecule has 1 aliphatic heterocycles. The van der Waals surface area contributed by atoms with Crippen LogP contribution in [0.5, 0.6) is 0 Å². The van der Waals surface area contributed by atoms with E-state index in [2.05, 4.69) is 31.2 Å². The van der Waals surface area contributed by atoms with E-state index >= 15 is 0 Å². The van der Waals surface area contributed by atoms with Crippen molar-refractivity contribution in [1.82, 2.24) is 36.1 Å². The molecular weight excluding hydrogens is 630 g/mol. The minimum absolute atomic E-state index is 0.00348. The van der Waals surface area contributed by atoms with Gasteiger partial charge in [0.15, 0.2) is 5.96 Å². The number of imidazole rings is 1. The first-order chi connectivity index (χ1) is 23.7. The Hall–Kier alpha value is -5.73. The highest BCUT2D eigenvalue weighted by molar-refractivity contribution is 5.94. The van der Waals surface area contributed by atoms with Gasteiger partial charge in [-0.15, -0.1) is 0 Å². The van der Waals surface area contributed by atoms with Crippen LogP contribution >= 0.6 is 0 Å². The van der Waals surface area contributed by atoms with Crippen molar-refractivity contribution in [1.29, 1.82) is 5.41 Å². The topological polar surface area (TPSA) is 224 Å². The van der Waals surface area contributed by atoms with Crippen LogP contribution in [0.2, 0.25) is 0 Å². The Balaban J connectivity index is 1.45. The van der Waals surface area contributed by atoms with Crippen molar-refractivity contribution in [3.8, 4) is 0 Å². The van der Waals surface area contributed by atoms with Gasteiger partial charge in [0.2, 0.25) is 24.0 Å². The van der Waals surface area contributed by atoms with Crippen molar-refractivity contribution in [2.45, 2.75) is 69.3 Å². The Bertz CT molecular complexity index is 1540. The second-order valence-electron chi connectivity index (χ2n) is 11.6. The lowest BCUT2D eigenvalue weighted by Crippen LogP contribution is -2.57. The first-order valence-corrected chi connectivity index (χ1v) is 16.1. The first-order valence-electron chi connectivity index (χ1n) is 16.1. The predicted molar refractivity (Wildman–Crippen MR) is 179 cm³/mol. The number of nitrogens with two attached hydrogens (primary N) is 1. The molecule has 2 heterocycles. The molecule has 1 aromatic heterocycles. The fourth-order valence-electron chi connectivity index (χ4n) is 5.53. The summed E-state index contributed by atoms with van der Waals surface area (Å²) in [6, 6.07) is 14.2. The number of aromatic nitrogens is 2. The number of hydrogen-bond donors (Lipinski definition) is 7. The van der Waals surface area contributed by atoms with E-state index in [9.17, 15) is 24.0 Å². The van der Waals surface area contributed by atoms with Gasteiger partial charge < -0.3 is 41.6 Å². The van der Waals surface area contributed by atoms with Crippen LogP contribution in [-0.4, -0.2) is 88.2 Å². The van der Waals surface area contributed by atoms with E-state index in [0.717, 1.165) is 11.1 Å². The molecule has 15 heteroatoms. The third-order valence-corrected chi connectivity index (χ3v) is 7.97. The number of carbonyl (C=O) groups is 4. The van der Waals surface area contributed by atoms with Crippen LogP contribution in [0.4, 0.5) is 4.79 Å². The normalized spacial score (nSPS) is 15.7. The van der Waals surface area contributed by atoms with Crippen LogP contribution < -0.4 is 27.0 Å². The number of likely N-dealkylation sites (tertiary alicyclic amines) is 1. The summed E-state index contributed by atoms with van der Waals surface area (Å²) in [6.45, 7) is 0.560. The molecule has 1 fully saturated rings. The second kappa shape index (κ2) is 18.6. The molecule has 4 atom stereocenters. The monoisotopic (exact) mass is 672 g/mol. The van der Waals surface area contributed by atoms with Gasteiger partial charge in [0.05, 0.1) is 12.0 Å². The molecular formula is C34H42N9O6. The van der Waals surface area contributed by atoms with Crippen LogP contribution in [0, 0.1) is 5.41 Å². The van der Waals surface area contributed by atoms with Crippen molar-refractivity contribution in [3.05, 3.63) is 90.0 Å². The number of hydrogen-bond acceptors (Lipinski definition) is 8. The zero-order valence-electron chi connectivity index (χ0n) is 27.0. The molecule has 3 aromatic rings. The number of nitrogens with zero attached hydrogens (tertiary/aromatic N) is 2. The third-order valence-electron chi connectivity index (χ3n) is 7.97. The molecule has 0 aliphatic carbocycles. The maximum atomic E-state index is 13.9. The number of alkyl carbamates (subject to hydrolysis) is 1. The van der Waals surface area contributed by atoms with Gasteiger partial charge in [-0.3, -0.25) is 24.6 Å². The Labute approximate surface area is 284 Å². The lowest BCUT2D eigenvalue weighted by Gasteiger charge is -2.30. The molecule has 4 amide bonds. The fraction of sp³-hybridized carbons (Fsp3) is 0.382. The molecule has 4 rings (SSSR count). The van der Waals surface area contributed by atoms with E-state index in [-0.39, 0.29) is 38.4 Å². The van der Waals surface area contributed by atoms with Gasteiger partial charge >= 0.3 is 6.09 Å². The maximum absolute atomic E-state index is 13.9. The van der Waals surface area contributed by atoms with Crippen LogP contribution in [0.25, 0.3) is 0 Å². The standard InChI is InChI=1S/C34H42N9O6/c35-33(36)38-15-7-13-27(42-34(48)49-21-24-11-5-2-6-12-24)32(47)43-16-8-14-29(43)31(46)41-28(17-23-9-3-1-4-10-23)30(45)40-26(20-44)18-25-19-37-22-39-25/h1-6,9-12,19,22,26-29H,7-8,13-18,21H2,(H,37,39)(H,40,45)(H,41,46)(H,42,48)(H4,35,36,38)/t26-,27-,28-,29-/m0/s1. The average molecular weight is 673 g/mol. The summed E-state index contributed by atoms with van der Waals surface area (Å²) in [7, 11) is 0. The van der Waals surface area contributed by atoms with Crippen LogP contribution in [-0.2, 0) is 43.4 Å². The van der Waals surface area contributed by atoms with E-state index in [0.29, 0.717) is 31.5 Å². The van der Waals surface area contributed by atoms with Crippen molar-refractivity contribution in [2.75, 3.05) is 13.1 Å². The number of nitrogens with one attached hydrogen (secondary N) is 6. The van der Waals surface area contributed by atoms with Crippen LogP contribution in [0.1, 0.15) is 42.5 Å². The Morgan fingerprint density at radius 1 is 1.00 bits per heavy atom. The Kier molecular flexibility index (Phi) is 13.7. The summed E-state index contributed by atoms with van der Waals surface area (Å²) in [4.78, 5) is 74.0. The molecule has 259 valence electrons. The Morgan fingerprint density at radius 3 is 2.37 bits per heavy atom. The highest BCUT2D eigenvalue weighted by Crippen LogP contribution is 2.20. The Morgan fingerprint density at radius 2 is 1.71 bits per heavy atom. The van der Waals surface area contributed by atoms with Crippen molar-refractivity contribution in [2.24, 2.45) is 5.73 Å². The summed E-state index contributed by atoms with van der Waals surface area (Å²) in [5, 5.41) is 18.2. The number of carbonyl (C=O) groups excluding carboxylic acids is 5. The quantitative estimate of drug-likeness (QED) is 0.0612. The molecule has 49 heavy (non-hydrogen) atoms. The zero-order chi connectivity index (χ0) is 35.0. The molecule has 1 saturated heterocycles. The molecule has 1 aliphatic rings. The highest BCUT2D eigenvalue weighted by Gasteiger charge is 2.39. The molecule has 0 saturated carbocycles. The summed E-state index contributed by atoms with van der Waals surface area (Å²) in [6.07, 6.45) is 5.78. The molecule has 0 spiro atoms. The highest BCUT2D eigenvalue weighted by atomic mass is 16.5. The van der Waals surface area contributed by atoms with Gasteiger partial charge in [0.25, 0.3) is 0 Å². The largest absolute Gasteiger partial charge is 0.445 e. The number of rotatable bonds is 17. The number of ether oxygens (including phenoxy) is 1. The number of aromatic amines is 1. The number of amides is 4. The summed E-state index contributed by atoms with van der Waals surface area (Å²) in [5.74, 6) is -1.82. The van der Waals surface area contributed by atoms with Gasteiger partial charge in [-0.2, -0.15) is 0 Å². The van der Waals surface area contributed by atoms with E-state index in [1.165, 1.54) is 11.2 Å². The zero-order valence-corrected chi connectivity index (χ0v) is 27.0. The molecule has 15 nitrogen and oxygen atoms in total. The minimum Gasteiger partial charge on any atom is -0.445 e. The first kappa shape index (κ1) is 36.1. The maximum Gasteiger partial charge on any atom is 0.408 e.